The van der Waals surface area contributed by atoms with E-state index in [1.54, 1.807) is 4.57 Å². The van der Waals surface area contributed by atoms with Crippen LogP contribution in [0.1, 0.15) is 17.0 Å². The number of hydrogen-bond donors (Lipinski definition) is 0. The van der Waals surface area contributed by atoms with Crippen molar-refractivity contribution in [2.45, 2.75) is 6.92 Å². The van der Waals surface area contributed by atoms with Crippen LogP contribution in [0.2, 0.25) is 5.02 Å². The Morgan fingerprint density at radius 2 is 1.59 bits per heavy atom. The van der Waals surface area contributed by atoms with Gasteiger partial charge in [0.05, 0.1) is 16.6 Å². The van der Waals surface area contributed by atoms with Crippen LogP contribution in [0.15, 0.2) is 77.6 Å². The predicted molar refractivity (Wildman–Crippen MR) is 112 cm³/mol. The highest BCUT2D eigenvalue weighted by molar-refractivity contribution is 6.30. The fraction of sp³-hybridized carbons (Fsp3) is 0.0435. The molecule has 3 aromatic carbocycles. The molecule has 0 unspecified atom stereocenters. The maximum atomic E-state index is 13.2. The Morgan fingerprint density at radius 3 is 2.33 bits per heavy atom. The van der Waals surface area contributed by atoms with E-state index in [0.717, 1.165) is 16.8 Å². The summed E-state index contributed by atoms with van der Waals surface area (Å²) in [7, 11) is 0. The van der Waals surface area contributed by atoms with Crippen molar-refractivity contribution in [1.29, 1.82) is 0 Å². The van der Waals surface area contributed by atoms with Crippen LogP contribution in [0.3, 0.4) is 0 Å². The molecule has 1 heterocycles. The van der Waals surface area contributed by atoms with Crippen LogP contribution in [0, 0.1) is 6.92 Å². The molecule has 0 aliphatic heterocycles. The minimum Gasteiger partial charge on any atom is -0.268 e. The molecule has 0 aliphatic rings. The van der Waals surface area contributed by atoms with Crippen molar-refractivity contribution in [3.63, 3.8) is 0 Å². The van der Waals surface area contributed by atoms with Gasteiger partial charge in [-0.15, -0.1) is 0 Å². The molecule has 0 fully saturated rings. The molecule has 4 rings (SSSR count). The number of nitrogens with zero attached hydrogens (tertiary/aromatic N) is 2. The van der Waals surface area contributed by atoms with E-state index >= 15 is 0 Å². The number of aromatic nitrogens is 2. The Labute approximate surface area is 162 Å². The molecule has 0 aliphatic carbocycles. The molecule has 0 saturated heterocycles. The van der Waals surface area contributed by atoms with E-state index in [2.05, 4.69) is 0 Å². The monoisotopic (exact) mass is 372 g/mol. The molecular weight excluding hydrogens is 356 g/mol. The van der Waals surface area contributed by atoms with Crippen LogP contribution in [-0.4, -0.2) is 9.55 Å². The summed E-state index contributed by atoms with van der Waals surface area (Å²) in [5.74, 6) is 0.581. The summed E-state index contributed by atoms with van der Waals surface area (Å²) in [6.07, 6.45) is 3.79. The minimum atomic E-state index is -0.0831. The molecule has 3 nitrogen and oxygen atoms in total. The first-order valence-electron chi connectivity index (χ1n) is 8.64. The Bertz CT molecular complexity index is 1190. The third kappa shape index (κ3) is 3.55. The fourth-order valence-electron chi connectivity index (χ4n) is 2.95. The molecule has 132 valence electrons. The van der Waals surface area contributed by atoms with Gasteiger partial charge in [-0.25, -0.2) is 4.98 Å². The highest BCUT2D eigenvalue weighted by Gasteiger charge is 2.10. The summed E-state index contributed by atoms with van der Waals surface area (Å²) < 4.78 is 1.65. The molecule has 4 heteroatoms. The summed E-state index contributed by atoms with van der Waals surface area (Å²) >= 11 is 5.95. The number of hydrogen-bond acceptors (Lipinski definition) is 2. The average molecular weight is 373 g/mol. The first-order valence-corrected chi connectivity index (χ1v) is 9.02. The second-order valence-electron chi connectivity index (χ2n) is 6.35. The maximum absolute atomic E-state index is 13.2. The Kier molecular flexibility index (Phi) is 4.61. The van der Waals surface area contributed by atoms with E-state index in [0.29, 0.717) is 21.7 Å². The van der Waals surface area contributed by atoms with Gasteiger partial charge in [0.2, 0.25) is 0 Å². The quantitative estimate of drug-likeness (QED) is 0.474. The Morgan fingerprint density at radius 1 is 0.889 bits per heavy atom. The number of aryl methyl sites for hydroxylation is 1. The lowest BCUT2D eigenvalue weighted by Crippen LogP contribution is -2.22. The Balaban J connectivity index is 1.92. The van der Waals surface area contributed by atoms with Crippen molar-refractivity contribution in [3.8, 4) is 5.69 Å². The molecule has 0 spiro atoms. The molecular formula is C23H17ClN2O. The van der Waals surface area contributed by atoms with Crippen LogP contribution < -0.4 is 5.56 Å². The number of halogens is 1. The molecule has 1 aromatic heterocycles. The van der Waals surface area contributed by atoms with Crippen LogP contribution in [0.4, 0.5) is 0 Å². The van der Waals surface area contributed by atoms with Gasteiger partial charge < -0.3 is 0 Å². The standard InChI is InChI=1S/C23H17ClN2O/c1-16-6-13-19(14-7-16)26-22(15-10-17-8-11-18(24)12-9-17)25-21-5-3-2-4-20(21)23(26)27/h2-15H,1H3. The summed E-state index contributed by atoms with van der Waals surface area (Å²) in [5, 5.41) is 1.29. The summed E-state index contributed by atoms with van der Waals surface area (Å²) in [5.41, 5.74) is 3.51. The topological polar surface area (TPSA) is 34.9 Å². The van der Waals surface area contributed by atoms with Gasteiger partial charge in [-0.2, -0.15) is 0 Å². The molecule has 0 bridgehead atoms. The largest absolute Gasteiger partial charge is 0.268 e. The molecule has 0 radical (unpaired) electrons. The summed E-state index contributed by atoms with van der Waals surface area (Å²) in [6.45, 7) is 2.02. The van der Waals surface area contributed by atoms with Crippen molar-refractivity contribution in [2.24, 2.45) is 0 Å². The predicted octanol–water partition coefficient (Wildman–Crippen LogP) is 5.52. The zero-order valence-electron chi connectivity index (χ0n) is 14.8. The molecule has 0 atom stereocenters. The van der Waals surface area contributed by atoms with E-state index in [4.69, 9.17) is 16.6 Å². The normalized spacial score (nSPS) is 11.3. The van der Waals surface area contributed by atoms with E-state index in [1.165, 1.54) is 0 Å². The van der Waals surface area contributed by atoms with Gasteiger partial charge in [-0.05, 0) is 55.0 Å². The average Bonchev–Trinajstić information content (AvgIpc) is 2.69. The van der Waals surface area contributed by atoms with E-state index in [1.807, 2.05) is 91.9 Å². The van der Waals surface area contributed by atoms with Crippen LogP contribution >= 0.6 is 11.6 Å². The van der Waals surface area contributed by atoms with Gasteiger partial charge in [0.25, 0.3) is 5.56 Å². The SMILES string of the molecule is Cc1ccc(-n2c(C=Cc3ccc(Cl)cc3)nc3ccccc3c2=O)cc1. The van der Waals surface area contributed by atoms with Crippen LogP contribution in [0.25, 0.3) is 28.7 Å². The lowest BCUT2D eigenvalue weighted by atomic mass is 10.2. The molecule has 0 N–H and O–H groups in total. The van der Waals surface area contributed by atoms with Gasteiger partial charge in [-0.3, -0.25) is 9.36 Å². The highest BCUT2D eigenvalue weighted by Crippen LogP contribution is 2.17. The van der Waals surface area contributed by atoms with Crippen molar-refractivity contribution < 1.29 is 0 Å². The number of fused-ring (bicyclic) bond motifs is 1. The van der Waals surface area contributed by atoms with E-state index in [9.17, 15) is 4.79 Å². The van der Waals surface area contributed by atoms with Crippen molar-refractivity contribution in [2.75, 3.05) is 0 Å². The lowest BCUT2D eigenvalue weighted by Gasteiger charge is -2.11. The zero-order chi connectivity index (χ0) is 18.8. The molecule has 0 saturated carbocycles. The van der Waals surface area contributed by atoms with E-state index < -0.39 is 0 Å². The summed E-state index contributed by atoms with van der Waals surface area (Å²) in [4.78, 5) is 17.9. The lowest BCUT2D eigenvalue weighted by molar-refractivity contribution is 0.943. The first-order chi connectivity index (χ1) is 13.1. The molecule has 27 heavy (non-hydrogen) atoms. The van der Waals surface area contributed by atoms with E-state index in [-0.39, 0.29) is 5.56 Å². The van der Waals surface area contributed by atoms with Gasteiger partial charge in [0.15, 0.2) is 0 Å². The third-order valence-corrected chi connectivity index (χ3v) is 4.64. The molecule has 4 aromatic rings. The van der Waals surface area contributed by atoms with Gasteiger partial charge >= 0.3 is 0 Å². The smallest absolute Gasteiger partial charge is 0.266 e. The van der Waals surface area contributed by atoms with Crippen LogP contribution in [-0.2, 0) is 0 Å². The fourth-order valence-corrected chi connectivity index (χ4v) is 3.08. The third-order valence-electron chi connectivity index (χ3n) is 4.39. The number of para-hydroxylation sites is 1. The van der Waals surface area contributed by atoms with Crippen LogP contribution in [0.5, 0.6) is 0 Å². The number of rotatable bonds is 3. The zero-order valence-corrected chi connectivity index (χ0v) is 15.5. The first kappa shape index (κ1) is 17.3. The summed E-state index contributed by atoms with van der Waals surface area (Å²) in [6, 6.07) is 22.8. The maximum Gasteiger partial charge on any atom is 0.266 e. The number of benzene rings is 3. The van der Waals surface area contributed by atoms with Gasteiger partial charge in [0, 0.05) is 5.02 Å². The minimum absolute atomic E-state index is 0.0831. The second kappa shape index (κ2) is 7.22. The van der Waals surface area contributed by atoms with Gasteiger partial charge in [-0.1, -0.05) is 59.6 Å². The van der Waals surface area contributed by atoms with Gasteiger partial charge in [0.1, 0.15) is 5.82 Å². The van der Waals surface area contributed by atoms with Crippen molar-refractivity contribution >= 4 is 34.7 Å². The molecule has 0 amide bonds. The second-order valence-corrected chi connectivity index (χ2v) is 6.78. The van der Waals surface area contributed by atoms with Crippen molar-refractivity contribution in [1.82, 2.24) is 9.55 Å². The Hall–Kier alpha value is -3.17. The van der Waals surface area contributed by atoms with Crippen molar-refractivity contribution in [3.05, 3.63) is 105 Å². The highest BCUT2D eigenvalue weighted by atomic mass is 35.5.